The number of nitrogens with zero attached hydrogens (tertiary/aromatic N) is 2. The highest BCUT2D eigenvalue weighted by molar-refractivity contribution is 5.51. The third kappa shape index (κ3) is 4.05. The highest BCUT2D eigenvalue weighted by Gasteiger charge is 2.00. The van der Waals surface area contributed by atoms with Crippen LogP contribution in [0, 0.1) is 0 Å². The van der Waals surface area contributed by atoms with Gasteiger partial charge in [0.05, 0.1) is 0 Å². The topological polar surface area (TPSA) is 37.8 Å². The number of nitrogens with one attached hydrogen (secondary N) is 1. The molecule has 0 amide bonds. The van der Waals surface area contributed by atoms with E-state index in [1.807, 2.05) is 24.3 Å². The third-order valence-electron chi connectivity index (χ3n) is 2.88. The molecule has 2 aromatic heterocycles. The van der Waals surface area contributed by atoms with Gasteiger partial charge in [0.15, 0.2) is 0 Å². The zero-order chi connectivity index (χ0) is 13.5. The standard InChI is InChI=1S/C16H21N3/c1-3-7-13-9-5-11-15(17-13)19-16-12-6-10-14(18-16)8-4-2/h5-6,9-12H,3-4,7-8H2,1-2H3,(H,17,18,19). The minimum absolute atomic E-state index is 0.868. The second-order valence-electron chi connectivity index (χ2n) is 4.65. The fourth-order valence-electron chi connectivity index (χ4n) is 2.02. The molecule has 2 heterocycles. The molecule has 19 heavy (non-hydrogen) atoms. The number of anilines is 2. The Morgan fingerprint density at radius 1 is 0.789 bits per heavy atom. The van der Waals surface area contributed by atoms with Crippen LogP contribution in [-0.4, -0.2) is 9.97 Å². The molecule has 0 aliphatic carbocycles. The molecule has 0 radical (unpaired) electrons. The molecular formula is C16H21N3. The number of rotatable bonds is 6. The quantitative estimate of drug-likeness (QED) is 0.843. The van der Waals surface area contributed by atoms with Gasteiger partial charge in [-0.3, -0.25) is 0 Å². The summed E-state index contributed by atoms with van der Waals surface area (Å²) >= 11 is 0. The van der Waals surface area contributed by atoms with E-state index in [-0.39, 0.29) is 0 Å². The van der Waals surface area contributed by atoms with Crippen molar-refractivity contribution in [1.82, 2.24) is 9.97 Å². The van der Waals surface area contributed by atoms with Crippen molar-refractivity contribution >= 4 is 11.6 Å². The summed E-state index contributed by atoms with van der Waals surface area (Å²) in [5, 5.41) is 3.28. The van der Waals surface area contributed by atoms with Crippen LogP contribution in [0.5, 0.6) is 0 Å². The van der Waals surface area contributed by atoms with Gasteiger partial charge in [-0.05, 0) is 37.1 Å². The third-order valence-corrected chi connectivity index (χ3v) is 2.88. The maximum absolute atomic E-state index is 4.58. The molecule has 2 aromatic rings. The normalized spacial score (nSPS) is 10.4. The molecule has 0 bridgehead atoms. The lowest BCUT2D eigenvalue weighted by Gasteiger charge is -2.07. The van der Waals surface area contributed by atoms with Gasteiger partial charge >= 0.3 is 0 Å². The minimum atomic E-state index is 0.868. The number of aryl methyl sites for hydroxylation is 2. The molecular weight excluding hydrogens is 234 g/mol. The van der Waals surface area contributed by atoms with Gasteiger partial charge in [0.1, 0.15) is 11.6 Å². The van der Waals surface area contributed by atoms with Crippen LogP contribution in [0.2, 0.25) is 0 Å². The first-order valence-corrected chi connectivity index (χ1v) is 7.00. The predicted molar refractivity (Wildman–Crippen MR) is 79.7 cm³/mol. The van der Waals surface area contributed by atoms with E-state index in [1.165, 1.54) is 0 Å². The Kier molecular flexibility index (Phi) is 4.90. The zero-order valence-electron chi connectivity index (χ0n) is 11.7. The van der Waals surface area contributed by atoms with Crippen molar-refractivity contribution in [3.63, 3.8) is 0 Å². The fraction of sp³-hybridized carbons (Fsp3) is 0.375. The average Bonchev–Trinajstić information content (AvgIpc) is 2.40. The monoisotopic (exact) mass is 255 g/mol. The number of pyridine rings is 2. The Morgan fingerprint density at radius 2 is 1.26 bits per heavy atom. The summed E-state index contributed by atoms with van der Waals surface area (Å²) in [4.78, 5) is 9.16. The highest BCUT2D eigenvalue weighted by Crippen LogP contribution is 2.14. The molecule has 3 nitrogen and oxygen atoms in total. The molecule has 2 rings (SSSR count). The van der Waals surface area contributed by atoms with Crippen LogP contribution in [0.3, 0.4) is 0 Å². The zero-order valence-corrected chi connectivity index (χ0v) is 11.7. The number of hydrogen-bond acceptors (Lipinski definition) is 3. The maximum Gasteiger partial charge on any atom is 0.131 e. The van der Waals surface area contributed by atoms with Crippen LogP contribution in [0.15, 0.2) is 36.4 Å². The van der Waals surface area contributed by atoms with Crippen LogP contribution >= 0.6 is 0 Å². The second-order valence-corrected chi connectivity index (χ2v) is 4.65. The van der Waals surface area contributed by atoms with Gasteiger partial charge in [-0.15, -0.1) is 0 Å². The molecule has 0 saturated carbocycles. The van der Waals surface area contributed by atoms with Gasteiger partial charge in [-0.2, -0.15) is 0 Å². The molecule has 100 valence electrons. The first kappa shape index (κ1) is 13.5. The van der Waals surface area contributed by atoms with Crippen LogP contribution < -0.4 is 5.32 Å². The van der Waals surface area contributed by atoms with Crippen LogP contribution in [-0.2, 0) is 12.8 Å². The van der Waals surface area contributed by atoms with Crippen molar-refractivity contribution in [1.29, 1.82) is 0 Å². The smallest absolute Gasteiger partial charge is 0.131 e. The van der Waals surface area contributed by atoms with Gasteiger partial charge in [0.25, 0.3) is 0 Å². The van der Waals surface area contributed by atoms with E-state index in [9.17, 15) is 0 Å². The fourth-order valence-corrected chi connectivity index (χ4v) is 2.02. The van der Waals surface area contributed by atoms with E-state index in [0.29, 0.717) is 0 Å². The van der Waals surface area contributed by atoms with Crippen LogP contribution in [0.4, 0.5) is 11.6 Å². The summed E-state index contributed by atoms with van der Waals surface area (Å²) in [7, 11) is 0. The van der Waals surface area contributed by atoms with Gasteiger partial charge in [0, 0.05) is 11.4 Å². The van der Waals surface area contributed by atoms with E-state index >= 15 is 0 Å². The molecule has 0 aliphatic rings. The molecule has 1 N–H and O–H groups in total. The molecule has 0 fully saturated rings. The van der Waals surface area contributed by atoms with Gasteiger partial charge in [-0.25, -0.2) is 9.97 Å². The van der Waals surface area contributed by atoms with E-state index < -0.39 is 0 Å². The largest absolute Gasteiger partial charge is 0.325 e. The molecule has 0 aromatic carbocycles. The van der Waals surface area contributed by atoms with Crippen molar-refractivity contribution in [2.24, 2.45) is 0 Å². The second kappa shape index (κ2) is 6.88. The van der Waals surface area contributed by atoms with Crippen molar-refractivity contribution in [2.75, 3.05) is 5.32 Å². The molecule has 0 atom stereocenters. The molecule has 0 unspecified atom stereocenters. The summed E-state index contributed by atoms with van der Waals surface area (Å²) in [6.45, 7) is 4.33. The first-order valence-electron chi connectivity index (χ1n) is 7.00. The molecule has 3 heteroatoms. The molecule has 0 aliphatic heterocycles. The van der Waals surface area contributed by atoms with E-state index in [2.05, 4.69) is 41.3 Å². The predicted octanol–water partition coefficient (Wildman–Crippen LogP) is 4.13. The average molecular weight is 255 g/mol. The molecule has 0 saturated heterocycles. The van der Waals surface area contributed by atoms with Crippen molar-refractivity contribution in [3.8, 4) is 0 Å². The van der Waals surface area contributed by atoms with E-state index in [4.69, 9.17) is 0 Å². The van der Waals surface area contributed by atoms with Crippen molar-refractivity contribution in [3.05, 3.63) is 47.8 Å². The lowest BCUT2D eigenvalue weighted by molar-refractivity contribution is 0.879. The Bertz CT molecular complexity index is 475. The number of aromatic nitrogens is 2. The lowest BCUT2D eigenvalue weighted by atomic mass is 10.2. The van der Waals surface area contributed by atoms with Gasteiger partial charge < -0.3 is 5.32 Å². The van der Waals surface area contributed by atoms with Gasteiger partial charge in [0.2, 0.25) is 0 Å². The van der Waals surface area contributed by atoms with Gasteiger partial charge in [-0.1, -0.05) is 38.8 Å². The first-order chi connectivity index (χ1) is 9.31. The summed E-state index contributed by atoms with van der Waals surface area (Å²) in [5.74, 6) is 1.74. The highest BCUT2D eigenvalue weighted by atomic mass is 15.1. The van der Waals surface area contributed by atoms with Crippen LogP contribution in [0.25, 0.3) is 0 Å². The van der Waals surface area contributed by atoms with Crippen molar-refractivity contribution < 1.29 is 0 Å². The summed E-state index contributed by atoms with van der Waals surface area (Å²) in [6.07, 6.45) is 4.25. The SMILES string of the molecule is CCCc1cccc(Nc2cccc(CCC)n2)n1. The van der Waals surface area contributed by atoms with E-state index in [1.54, 1.807) is 0 Å². The Labute approximate surface area is 115 Å². The van der Waals surface area contributed by atoms with E-state index in [0.717, 1.165) is 48.7 Å². The Hall–Kier alpha value is -1.90. The van der Waals surface area contributed by atoms with Crippen LogP contribution in [0.1, 0.15) is 38.1 Å². The molecule has 0 spiro atoms. The maximum atomic E-state index is 4.58. The van der Waals surface area contributed by atoms with Crippen molar-refractivity contribution in [2.45, 2.75) is 39.5 Å². The Balaban J connectivity index is 2.11. The summed E-state index contributed by atoms with van der Waals surface area (Å²) in [6, 6.07) is 12.2. The number of hydrogen-bond donors (Lipinski definition) is 1. The minimum Gasteiger partial charge on any atom is -0.325 e. The lowest BCUT2D eigenvalue weighted by Crippen LogP contribution is -2.00. The summed E-state index contributed by atoms with van der Waals surface area (Å²) in [5.41, 5.74) is 2.24. The summed E-state index contributed by atoms with van der Waals surface area (Å²) < 4.78 is 0. The Morgan fingerprint density at radius 3 is 1.68 bits per heavy atom.